The summed E-state index contributed by atoms with van der Waals surface area (Å²) in [5, 5.41) is 0. The molecule has 0 saturated carbocycles. The summed E-state index contributed by atoms with van der Waals surface area (Å²) < 4.78 is 68.7. The Hall–Kier alpha value is -2.67. The first-order valence-electron chi connectivity index (χ1n) is 10.5. The highest BCUT2D eigenvalue weighted by Gasteiger charge is 2.39. The second-order valence-electron chi connectivity index (χ2n) is 7.90. The minimum Gasteiger partial charge on any atom is -0.480 e. The number of carbonyl (C=O) groups is 2. The van der Waals surface area contributed by atoms with Gasteiger partial charge in [-0.2, -0.15) is 0 Å². The normalized spacial score (nSPS) is 18.6. The highest BCUT2D eigenvalue weighted by atomic mass is 31.0. The van der Waals surface area contributed by atoms with Gasteiger partial charge in [0.15, 0.2) is 12.3 Å². The van der Waals surface area contributed by atoms with Gasteiger partial charge in [-0.3, -0.25) is 0 Å². The SMILES string of the molecule is CCOC(=O)C(F)C(F)c1cc(C)cc(C)c1OP.Cc1cc(C)c2c(c1)C(F)C(F)C(=O)O2.[H+]. The number of halogens is 4. The molecule has 1 aliphatic rings. The molecule has 5 unspecified atom stereocenters. The summed E-state index contributed by atoms with van der Waals surface area (Å²) in [7, 11) is 2.00. The second kappa shape index (κ2) is 11.6. The fourth-order valence-electron chi connectivity index (χ4n) is 3.62. The molecule has 0 amide bonds. The topological polar surface area (TPSA) is 61.8 Å². The van der Waals surface area contributed by atoms with Crippen molar-refractivity contribution in [3.8, 4) is 11.5 Å². The van der Waals surface area contributed by atoms with Crippen LogP contribution in [0.2, 0.25) is 0 Å². The van der Waals surface area contributed by atoms with Crippen molar-refractivity contribution in [2.75, 3.05) is 6.61 Å². The molecule has 186 valence electrons. The lowest BCUT2D eigenvalue weighted by Crippen LogP contribution is -2.31. The Morgan fingerprint density at radius 2 is 1.65 bits per heavy atom. The molecule has 0 saturated heterocycles. The maximum Gasteiger partial charge on any atom is 1.00 e. The van der Waals surface area contributed by atoms with Crippen LogP contribution in [0.3, 0.4) is 0 Å². The van der Waals surface area contributed by atoms with Crippen LogP contribution in [-0.4, -0.2) is 30.9 Å². The molecule has 0 bridgehead atoms. The summed E-state index contributed by atoms with van der Waals surface area (Å²) >= 11 is 0. The van der Waals surface area contributed by atoms with E-state index < -0.39 is 36.6 Å². The van der Waals surface area contributed by atoms with Gasteiger partial charge in [0.05, 0.1) is 16.1 Å². The van der Waals surface area contributed by atoms with Gasteiger partial charge in [-0.1, -0.05) is 23.3 Å². The number of fused-ring (bicyclic) bond motifs is 1. The zero-order valence-electron chi connectivity index (χ0n) is 20.5. The molecule has 0 N–H and O–H groups in total. The molecule has 5 atom stereocenters. The molecule has 0 aliphatic carbocycles. The first-order valence-corrected chi connectivity index (χ1v) is 10.9. The van der Waals surface area contributed by atoms with Crippen molar-refractivity contribution in [2.45, 2.75) is 59.3 Å². The number of hydrogen-bond donors (Lipinski definition) is 0. The van der Waals surface area contributed by atoms with Gasteiger partial charge < -0.3 is 14.0 Å². The number of benzene rings is 2. The lowest BCUT2D eigenvalue weighted by atomic mass is 9.97. The predicted molar refractivity (Wildman–Crippen MR) is 123 cm³/mol. The molecule has 2 aromatic rings. The third-order valence-electron chi connectivity index (χ3n) is 5.06. The summed E-state index contributed by atoms with van der Waals surface area (Å²) in [6, 6.07) is 6.51. The van der Waals surface area contributed by atoms with E-state index in [2.05, 4.69) is 4.74 Å². The molecule has 2 aromatic carbocycles. The van der Waals surface area contributed by atoms with Crippen LogP contribution in [0.25, 0.3) is 0 Å². The van der Waals surface area contributed by atoms with Gasteiger partial charge in [0, 0.05) is 11.1 Å². The van der Waals surface area contributed by atoms with Crippen molar-refractivity contribution >= 4 is 21.4 Å². The minimum atomic E-state index is -2.36. The van der Waals surface area contributed by atoms with E-state index in [0.29, 0.717) is 11.1 Å². The zero-order valence-corrected chi connectivity index (χ0v) is 20.6. The Balaban J connectivity index is 0.000000348. The predicted octanol–water partition coefficient (Wildman–Crippen LogP) is 6.07. The van der Waals surface area contributed by atoms with E-state index in [1.165, 1.54) is 19.1 Å². The Bertz CT molecular complexity index is 1070. The maximum atomic E-state index is 14.1. The van der Waals surface area contributed by atoms with Crippen LogP contribution < -0.4 is 9.26 Å². The molecular weight excluding hydrogens is 475 g/mol. The summed E-state index contributed by atoms with van der Waals surface area (Å²) in [5.41, 5.74) is 3.03. The van der Waals surface area contributed by atoms with E-state index in [4.69, 9.17) is 9.26 Å². The van der Waals surface area contributed by atoms with E-state index in [1.54, 1.807) is 39.8 Å². The van der Waals surface area contributed by atoms with Gasteiger partial charge in [0.25, 0.3) is 0 Å². The third-order valence-corrected chi connectivity index (χ3v) is 5.30. The molecule has 5 nitrogen and oxygen atoms in total. The molecule has 10 heteroatoms. The molecule has 34 heavy (non-hydrogen) atoms. The summed E-state index contributed by atoms with van der Waals surface area (Å²) in [6.45, 7) is 8.50. The lowest BCUT2D eigenvalue weighted by Gasteiger charge is -2.23. The minimum absolute atomic E-state index is 0. The van der Waals surface area contributed by atoms with Crippen molar-refractivity contribution in [2.24, 2.45) is 0 Å². The Labute approximate surface area is 199 Å². The van der Waals surface area contributed by atoms with Gasteiger partial charge in [-0.15, -0.1) is 0 Å². The van der Waals surface area contributed by atoms with Crippen LogP contribution in [0.1, 0.15) is 54.1 Å². The van der Waals surface area contributed by atoms with Crippen molar-refractivity contribution in [1.29, 1.82) is 0 Å². The molecule has 1 aliphatic heterocycles. The number of esters is 2. The molecule has 0 spiro atoms. The second-order valence-corrected chi connectivity index (χ2v) is 8.13. The summed E-state index contributed by atoms with van der Waals surface area (Å²) in [6.07, 6.45) is -8.60. The van der Waals surface area contributed by atoms with Crippen LogP contribution in [0.15, 0.2) is 24.3 Å². The summed E-state index contributed by atoms with van der Waals surface area (Å²) in [4.78, 5) is 22.2. The van der Waals surface area contributed by atoms with Gasteiger partial charge in [0.2, 0.25) is 12.3 Å². The standard InChI is InChI=1S/C13H17F2O3P.C11H10F2O2/c1-4-17-13(16)11(15)10(14)9-6-7(2)5-8(3)12(9)18-19;1-5-3-6(2)10-7(4-5)8(12)9(13)11(14)15-10/h5-6,10-11H,4,19H2,1-3H3;3-4,8-9H,1-2H3/p+1. The fourth-order valence-corrected chi connectivity index (χ4v) is 3.94. The summed E-state index contributed by atoms with van der Waals surface area (Å²) in [5.74, 6) is -1.98. The van der Waals surface area contributed by atoms with Crippen molar-refractivity contribution in [1.82, 2.24) is 0 Å². The van der Waals surface area contributed by atoms with Crippen LogP contribution in [0.5, 0.6) is 11.5 Å². The Kier molecular flexibility index (Phi) is 9.45. The molecule has 0 aromatic heterocycles. The Morgan fingerprint density at radius 3 is 2.24 bits per heavy atom. The molecular formula is C24H28F4O5P+. The van der Waals surface area contributed by atoms with E-state index in [1.807, 2.05) is 9.47 Å². The van der Waals surface area contributed by atoms with Crippen molar-refractivity contribution < 1.29 is 42.6 Å². The average Bonchev–Trinajstić information content (AvgIpc) is 2.77. The van der Waals surface area contributed by atoms with Gasteiger partial charge in [-0.05, 0) is 57.9 Å². The largest absolute Gasteiger partial charge is 1.00 e. The third kappa shape index (κ3) is 6.06. The van der Waals surface area contributed by atoms with Crippen LogP contribution in [0, 0.1) is 27.7 Å². The van der Waals surface area contributed by atoms with Crippen LogP contribution >= 0.6 is 9.47 Å². The van der Waals surface area contributed by atoms with E-state index >= 15 is 0 Å². The fraction of sp³-hybridized carbons (Fsp3) is 0.417. The number of carbonyl (C=O) groups excluding carboxylic acids is 2. The van der Waals surface area contributed by atoms with Crippen LogP contribution in [-0.2, 0) is 14.3 Å². The number of aryl methyl sites for hydroxylation is 4. The monoisotopic (exact) mass is 503 g/mol. The molecule has 0 fully saturated rings. The van der Waals surface area contributed by atoms with Gasteiger partial charge >= 0.3 is 13.4 Å². The highest BCUT2D eigenvalue weighted by Crippen LogP contribution is 2.39. The number of rotatable bonds is 5. The van der Waals surface area contributed by atoms with Gasteiger partial charge in [-0.25, -0.2) is 27.2 Å². The van der Waals surface area contributed by atoms with Crippen molar-refractivity contribution in [3.63, 3.8) is 0 Å². The number of alkyl halides is 4. The maximum absolute atomic E-state index is 14.1. The molecule has 0 radical (unpaired) electrons. The quantitative estimate of drug-likeness (QED) is 0.215. The first kappa shape index (κ1) is 27.6. The van der Waals surface area contributed by atoms with E-state index in [-0.39, 0.29) is 30.7 Å². The Morgan fingerprint density at radius 1 is 1.06 bits per heavy atom. The number of ether oxygens (including phenoxy) is 2. The highest BCUT2D eigenvalue weighted by molar-refractivity contribution is 7.10. The van der Waals surface area contributed by atoms with E-state index in [0.717, 1.165) is 11.1 Å². The van der Waals surface area contributed by atoms with Crippen LogP contribution in [0.4, 0.5) is 17.6 Å². The smallest absolute Gasteiger partial charge is 0.480 e. The van der Waals surface area contributed by atoms with E-state index in [9.17, 15) is 27.2 Å². The lowest BCUT2D eigenvalue weighted by molar-refractivity contribution is -0.151. The zero-order chi connectivity index (χ0) is 25.7. The van der Waals surface area contributed by atoms with Gasteiger partial charge in [0.1, 0.15) is 11.5 Å². The molecule has 1 heterocycles. The first-order chi connectivity index (χ1) is 15.9. The molecule has 3 rings (SSSR count). The number of hydrogen-bond acceptors (Lipinski definition) is 5. The average molecular weight is 503 g/mol. The van der Waals surface area contributed by atoms with Crippen molar-refractivity contribution in [3.05, 3.63) is 57.6 Å².